The van der Waals surface area contributed by atoms with Gasteiger partial charge in [-0.1, -0.05) is 12.1 Å². The minimum atomic E-state index is -0.0950. The maximum atomic E-state index is 12.1. The van der Waals surface area contributed by atoms with Gasteiger partial charge in [-0.2, -0.15) is 0 Å². The number of halogens is 1. The second-order valence-corrected chi connectivity index (χ2v) is 5.07. The van der Waals surface area contributed by atoms with Crippen molar-refractivity contribution in [1.29, 1.82) is 0 Å². The standard InChI is InChI=1S/C15H21N3O3.ClH/c1-11(19)18(2)14-6-4-3-5-13(14)17-15(20)9-12-10-21-8-7-16-12;/h3-6,12,16H,7-10H2,1-2H3,(H,17,20);1H. The zero-order valence-corrected chi connectivity index (χ0v) is 13.6. The molecule has 1 aromatic rings. The lowest BCUT2D eigenvalue weighted by atomic mass is 10.1. The van der Waals surface area contributed by atoms with E-state index >= 15 is 0 Å². The average molecular weight is 328 g/mol. The second kappa shape index (κ2) is 8.73. The molecule has 1 unspecified atom stereocenters. The Bertz CT molecular complexity index is 519. The van der Waals surface area contributed by atoms with Crippen LogP contribution in [0.3, 0.4) is 0 Å². The molecule has 22 heavy (non-hydrogen) atoms. The third kappa shape index (κ3) is 4.98. The van der Waals surface area contributed by atoms with Gasteiger partial charge in [-0.15, -0.1) is 12.4 Å². The Morgan fingerprint density at radius 1 is 1.41 bits per heavy atom. The number of nitrogens with zero attached hydrogens (tertiary/aromatic N) is 1. The maximum Gasteiger partial charge on any atom is 0.226 e. The Kier molecular flexibility index (Phi) is 7.31. The first-order valence-corrected chi connectivity index (χ1v) is 7.02. The van der Waals surface area contributed by atoms with E-state index in [9.17, 15) is 9.59 Å². The number of carbonyl (C=O) groups is 2. The van der Waals surface area contributed by atoms with Gasteiger partial charge in [0.1, 0.15) is 0 Å². The molecule has 0 radical (unpaired) electrons. The number of hydrogen-bond acceptors (Lipinski definition) is 4. The van der Waals surface area contributed by atoms with Crippen LogP contribution in [0.1, 0.15) is 13.3 Å². The molecule has 0 bridgehead atoms. The molecule has 1 fully saturated rings. The van der Waals surface area contributed by atoms with E-state index < -0.39 is 0 Å². The van der Waals surface area contributed by atoms with E-state index in [-0.39, 0.29) is 30.3 Å². The predicted molar refractivity (Wildman–Crippen MR) is 88.6 cm³/mol. The molecule has 2 rings (SSSR count). The highest BCUT2D eigenvalue weighted by Crippen LogP contribution is 2.24. The summed E-state index contributed by atoms with van der Waals surface area (Å²) in [6.45, 7) is 3.48. The Morgan fingerprint density at radius 3 is 2.77 bits per heavy atom. The summed E-state index contributed by atoms with van der Waals surface area (Å²) in [5.41, 5.74) is 1.32. The van der Waals surface area contributed by atoms with Gasteiger partial charge in [0, 0.05) is 33.0 Å². The molecule has 7 heteroatoms. The fourth-order valence-corrected chi connectivity index (χ4v) is 2.22. The van der Waals surface area contributed by atoms with Crippen LogP contribution in [0, 0.1) is 0 Å². The number of amides is 2. The van der Waals surface area contributed by atoms with Gasteiger partial charge in [0.25, 0.3) is 0 Å². The molecule has 6 nitrogen and oxygen atoms in total. The van der Waals surface area contributed by atoms with Crippen LogP contribution in [0.25, 0.3) is 0 Å². The molecule has 0 aliphatic carbocycles. The molecule has 1 saturated heterocycles. The first-order valence-electron chi connectivity index (χ1n) is 7.02. The Hall–Kier alpha value is -1.63. The number of nitrogens with one attached hydrogen (secondary N) is 2. The largest absolute Gasteiger partial charge is 0.378 e. The summed E-state index contributed by atoms with van der Waals surface area (Å²) in [6, 6.07) is 7.29. The van der Waals surface area contributed by atoms with E-state index in [1.807, 2.05) is 12.1 Å². The van der Waals surface area contributed by atoms with Gasteiger partial charge < -0.3 is 20.3 Å². The SMILES string of the molecule is CC(=O)N(C)c1ccccc1NC(=O)CC1COCCN1.Cl. The third-order valence-electron chi connectivity index (χ3n) is 3.44. The number of anilines is 2. The number of ether oxygens (including phenoxy) is 1. The lowest BCUT2D eigenvalue weighted by Gasteiger charge is -2.24. The van der Waals surface area contributed by atoms with E-state index in [4.69, 9.17) is 4.74 Å². The Morgan fingerprint density at radius 2 is 2.14 bits per heavy atom. The van der Waals surface area contributed by atoms with Gasteiger partial charge in [0.15, 0.2) is 0 Å². The van der Waals surface area contributed by atoms with Crippen molar-refractivity contribution in [2.45, 2.75) is 19.4 Å². The molecule has 1 atom stereocenters. The summed E-state index contributed by atoms with van der Waals surface area (Å²) >= 11 is 0. The summed E-state index contributed by atoms with van der Waals surface area (Å²) in [6.07, 6.45) is 0.345. The van der Waals surface area contributed by atoms with Gasteiger partial charge in [-0.05, 0) is 12.1 Å². The maximum absolute atomic E-state index is 12.1. The third-order valence-corrected chi connectivity index (χ3v) is 3.44. The van der Waals surface area contributed by atoms with Crippen LogP contribution < -0.4 is 15.5 Å². The van der Waals surface area contributed by atoms with E-state index in [2.05, 4.69) is 10.6 Å². The van der Waals surface area contributed by atoms with E-state index in [0.29, 0.717) is 31.0 Å². The Labute approximate surface area is 136 Å². The minimum Gasteiger partial charge on any atom is -0.378 e. The molecule has 2 amide bonds. The van der Waals surface area contributed by atoms with Gasteiger partial charge in [0.05, 0.1) is 24.6 Å². The first-order chi connectivity index (χ1) is 10.1. The number of morpholine rings is 1. The van der Waals surface area contributed by atoms with Crippen LogP contribution in [0.15, 0.2) is 24.3 Å². The lowest BCUT2D eigenvalue weighted by Crippen LogP contribution is -2.43. The summed E-state index contributed by atoms with van der Waals surface area (Å²) < 4.78 is 5.33. The van der Waals surface area contributed by atoms with Crippen molar-refractivity contribution in [3.05, 3.63) is 24.3 Å². The smallest absolute Gasteiger partial charge is 0.226 e. The van der Waals surface area contributed by atoms with Crippen LogP contribution in [0.5, 0.6) is 0 Å². The average Bonchev–Trinajstić information content (AvgIpc) is 2.48. The number of carbonyl (C=O) groups excluding carboxylic acids is 2. The van der Waals surface area contributed by atoms with Crippen LogP contribution in [0.2, 0.25) is 0 Å². The van der Waals surface area contributed by atoms with Crippen LogP contribution in [-0.4, -0.2) is 44.7 Å². The predicted octanol–water partition coefficient (Wildman–Crippen LogP) is 1.41. The van der Waals surface area contributed by atoms with Crippen LogP contribution in [0.4, 0.5) is 11.4 Å². The van der Waals surface area contributed by atoms with Crippen molar-refractivity contribution in [2.75, 3.05) is 37.0 Å². The van der Waals surface area contributed by atoms with Crippen molar-refractivity contribution in [2.24, 2.45) is 0 Å². The highest BCUT2D eigenvalue weighted by molar-refractivity contribution is 6.00. The zero-order chi connectivity index (χ0) is 15.2. The highest BCUT2D eigenvalue weighted by atomic mass is 35.5. The van der Waals surface area contributed by atoms with Crippen LogP contribution >= 0.6 is 12.4 Å². The summed E-state index contributed by atoms with van der Waals surface area (Å²) in [4.78, 5) is 25.1. The minimum absolute atomic E-state index is 0. The summed E-state index contributed by atoms with van der Waals surface area (Å²) in [7, 11) is 1.68. The highest BCUT2D eigenvalue weighted by Gasteiger charge is 2.18. The molecule has 1 aromatic carbocycles. The van der Waals surface area contributed by atoms with Crippen LogP contribution in [-0.2, 0) is 14.3 Å². The fraction of sp³-hybridized carbons (Fsp3) is 0.467. The molecule has 0 saturated carbocycles. The van der Waals surface area contributed by atoms with Gasteiger partial charge in [-0.25, -0.2) is 0 Å². The lowest BCUT2D eigenvalue weighted by molar-refractivity contribution is -0.118. The monoisotopic (exact) mass is 327 g/mol. The zero-order valence-electron chi connectivity index (χ0n) is 12.8. The van der Waals surface area contributed by atoms with Gasteiger partial charge in [0.2, 0.25) is 11.8 Å². The van der Waals surface area contributed by atoms with Crippen molar-refractivity contribution >= 4 is 35.6 Å². The van der Waals surface area contributed by atoms with E-state index in [1.165, 1.54) is 11.8 Å². The van der Waals surface area contributed by atoms with Gasteiger partial charge >= 0.3 is 0 Å². The normalized spacial score (nSPS) is 17.3. The molecule has 1 heterocycles. The Balaban J connectivity index is 0.00000242. The number of para-hydroxylation sites is 2. The molecule has 0 spiro atoms. The van der Waals surface area contributed by atoms with E-state index in [0.717, 1.165) is 6.54 Å². The molecule has 122 valence electrons. The number of hydrogen-bond donors (Lipinski definition) is 2. The first kappa shape index (κ1) is 18.4. The molecule has 1 aliphatic rings. The molecule has 2 N–H and O–H groups in total. The van der Waals surface area contributed by atoms with Gasteiger partial charge in [-0.3, -0.25) is 9.59 Å². The molecule has 1 aliphatic heterocycles. The molecular weight excluding hydrogens is 306 g/mol. The van der Waals surface area contributed by atoms with Crippen molar-refractivity contribution < 1.29 is 14.3 Å². The second-order valence-electron chi connectivity index (χ2n) is 5.07. The summed E-state index contributed by atoms with van der Waals surface area (Å²) in [5, 5.41) is 6.11. The number of rotatable bonds is 4. The van der Waals surface area contributed by atoms with Crippen molar-refractivity contribution in [3.63, 3.8) is 0 Å². The summed E-state index contributed by atoms with van der Waals surface area (Å²) in [5.74, 6) is -0.179. The molecule has 0 aromatic heterocycles. The molecular formula is C15H22ClN3O3. The van der Waals surface area contributed by atoms with Crippen molar-refractivity contribution in [1.82, 2.24) is 5.32 Å². The quantitative estimate of drug-likeness (QED) is 0.877. The topological polar surface area (TPSA) is 70.7 Å². The van der Waals surface area contributed by atoms with E-state index in [1.54, 1.807) is 19.2 Å². The number of benzene rings is 1. The fourth-order valence-electron chi connectivity index (χ4n) is 2.22. The van der Waals surface area contributed by atoms with Crippen molar-refractivity contribution in [3.8, 4) is 0 Å².